The van der Waals surface area contributed by atoms with Crippen LogP contribution in [0.3, 0.4) is 0 Å². The van der Waals surface area contributed by atoms with Crippen LogP contribution >= 0.6 is 0 Å². The van der Waals surface area contributed by atoms with Crippen molar-refractivity contribution in [3.8, 4) is 0 Å². The Hall–Kier alpha value is -0.300. The molecule has 0 N–H and O–H groups in total. The fraction of sp³-hybridized carbons (Fsp3) is 0.833. The highest BCUT2D eigenvalue weighted by atomic mass is 16.5. The third-order valence-electron chi connectivity index (χ3n) is 4.31. The number of allylic oxidation sites excluding steroid dienone is 1. The van der Waals surface area contributed by atoms with Gasteiger partial charge in [-0.15, -0.1) is 0 Å². The zero-order chi connectivity index (χ0) is 8.89. The van der Waals surface area contributed by atoms with Gasteiger partial charge in [-0.3, -0.25) is 0 Å². The first-order valence-corrected chi connectivity index (χ1v) is 5.66. The van der Waals surface area contributed by atoms with E-state index in [1.165, 1.54) is 32.1 Å². The summed E-state index contributed by atoms with van der Waals surface area (Å²) in [6.45, 7) is 2.25. The molecular formula is C12H18O. The molecule has 4 unspecified atom stereocenters. The van der Waals surface area contributed by atoms with E-state index < -0.39 is 0 Å². The Balaban J connectivity index is 1.96. The van der Waals surface area contributed by atoms with E-state index in [2.05, 4.69) is 19.1 Å². The summed E-state index contributed by atoms with van der Waals surface area (Å²) in [5.74, 6) is 1.68. The van der Waals surface area contributed by atoms with Crippen molar-refractivity contribution in [3.05, 3.63) is 12.2 Å². The lowest BCUT2D eigenvalue weighted by atomic mass is 9.68. The van der Waals surface area contributed by atoms with Gasteiger partial charge < -0.3 is 4.74 Å². The predicted octanol–water partition coefficient (Wildman–Crippen LogP) is 2.91. The highest BCUT2D eigenvalue weighted by molar-refractivity contribution is 5.16. The summed E-state index contributed by atoms with van der Waals surface area (Å²) in [5, 5.41) is 0. The molecule has 3 aliphatic rings. The summed E-state index contributed by atoms with van der Waals surface area (Å²) in [6, 6.07) is 0. The fourth-order valence-electron chi connectivity index (χ4n) is 3.54. The van der Waals surface area contributed by atoms with Crippen LogP contribution in [0.25, 0.3) is 0 Å². The van der Waals surface area contributed by atoms with Gasteiger partial charge in [0.05, 0.1) is 11.7 Å². The van der Waals surface area contributed by atoms with E-state index in [4.69, 9.17) is 4.74 Å². The molecule has 2 bridgehead atoms. The van der Waals surface area contributed by atoms with E-state index in [1.807, 2.05) is 0 Å². The molecule has 1 saturated carbocycles. The van der Waals surface area contributed by atoms with E-state index in [9.17, 15) is 0 Å². The molecule has 13 heavy (non-hydrogen) atoms. The standard InChI is InChI=1S/C12H18O/c1-9-10-5-6-11-4-2-3-7-12(11,8-10)13-9/h3,7,9-11H,2,4-6,8H2,1H3. The molecular weight excluding hydrogens is 160 g/mol. The molecule has 72 valence electrons. The number of hydrogen-bond donors (Lipinski definition) is 0. The topological polar surface area (TPSA) is 9.23 Å². The average molecular weight is 178 g/mol. The maximum atomic E-state index is 6.19. The van der Waals surface area contributed by atoms with Gasteiger partial charge in [-0.2, -0.15) is 0 Å². The van der Waals surface area contributed by atoms with Crippen molar-refractivity contribution in [2.45, 2.75) is 50.7 Å². The minimum Gasteiger partial charge on any atom is -0.367 e. The molecule has 2 aliphatic carbocycles. The molecule has 2 fully saturated rings. The molecule has 1 spiro atoms. The lowest BCUT2D eigenvalue weighted by Crippen LogP contribution is -2.39. The van der Waals surface area contributed by atoms with Crippen molar-refractivity contribution >= 4 is 0 Å². The van der Waals surface area contributed by atoms with E-state index in [1.54, 1.807) is 0 Å². The monoisotopic (exact) mass is 178 g/mol. The first kappa shape index (κ1) is 8.05. The Morgan fingerprint density at radius 2 is 2.23 bits per heavy atom. The van der Waals surface area contributed by atoms with E-state index in [0.29, 0.717) is 6.10 Å². The summed E-state index contributed by atoms with van der Waals surface area (Å²) < 4.78 is 6.19. The smallest absolute Gasteiger partial charge is 0.0897 e. The Morgan fingerprint density at radius 3 is 3.15 bits per heavy atom. The second-order valence-electron chi connectivity index (χ2n) is 5.00. The number of ether oxygens (including phenoxy) is 1. The molecule has 0 aromatic rings. The van der Waals surface area contributed by atoms with Gasteiger partial charge in [0.1, 0.15) is 0 Å². The van der Waals surface area contributed by atoms with Crippen molar-refractivity contribution < 1.29 is 4.74 Å². The van der Waals surface area contributed by atoms with Crippen LogP contribution in [0.15, 0.2) is 12.2 Å². The Labute approximate surface area is 80.2 Å². The first-order chi connectivity index (χ1) is 6.30. The lowest BCUT2D eigenvalue weighted by Gasteiger charge is -2.39. The van der Waals surface area contributed by atoms with Crippen molar-refractivity contribution in [3.63, 3.8) is 0 Å². The minimum atomic E-state index is 0.181. The molecule has 0 radical (unpaired) electrons. The van der Waals surface area contributed by atoms with E-state index >= 15 is 0 Å². The summed E-state index contributed by atoms with van der Waals surface area (Å²) in [6.07, 6.45) is 11.9. The van der Waals surface area contributed by atoms with E-state index in [0.717, 1.165) is 11.8 Å². The number of fused-ring (bicyclic) bond motifs is 1. The molecule has 0 aromatic carbocycles. The summed E-state index contributed by atoms with van der Waals surface area (Å²) >= 11 is 0. The molecule has 3 rings (SSSR count). The van der Waals surface area contributed by atoms with Crippen molar-refractivity contribution in [2.75, 3.05) is 0 Å². The lowest BCUT2D eigenvalue weighted by molar-refractivity contribution is -0.0418. The largest absolute Gasteiger partial charge is 0.367 e. The molecule has 0 aromatic heterocycles. The van der Waals surface area contributed by atoms with Gasteiger partial charge >= 0.3 is 0 Å². The van der Waals surface area contributed by atoms with Crippen LogP contribution in [0.4, 0.5) is 0 Å². The van der Waals surface area contributed by atoms with Crippen LogP contribution in [0.1, 0.15) is 39.0 Å². The van der Waals surface area contributed by atoms with Crippen LogP contribution < -0.4 is 0 Å². The second kappa shape index (κ2) is 2.60. The Bertz CT molecular complexity index is 242. The summed E-state index contributed by atoms with van der Waals surface area (Å²) in [5.41, 5.74) is 0.181. The van der Waals surface area contributed by atoms with Crippen molar-refractivity contribution in [1.29, 1.82) is 0 Å². The molecule has 1 heteroatoms. The predicted molar refractivity (Wildman–Crippen MR) is 52.5 cm³/mol. The second-order valence-corrected chi connectivity index (χ2v) is 5.00. The van der Waals surface area contributed by atoms with Gasteiger partial charge in [-0.05, 0) is 50.9 Å². The van der Waals surface area contributed by atoms with Gasteiger partial charge in [-0.25, -0.2) is 0 Å². The highest BCUT2D eigenvalue weighted by Crippen LogP contribution is 2.52. The number of hydrogen-bond acceptors (Lipinski definition) is 1. The summed E-state index contributed by atoms with van der Waals surface area (Å²) in [7, 11) is 0. The third-order valence-corrected chi connectivity index (χ3v) is 4.31. The Kier molecular flexibility index (Phi) is 1.61. The quantitative estimate of drug-likeness (QED) is 0.518. The minimum absolute atomic E-state index is 0.181. The normalized spacial score (nSPS) is 53.5. The van der Waals surface area contributed by atoms with Crippen LogP contribution in [0.5, 0.6) is 0 Å². The molecule has 0 amide bonds. The maximum Gasteiger partial charge on any atom is 0.0897 e. The van der Waals surface area contributed by atoms with Crippen LogP contribution in [0, 0.1) is 11.8 Å². The zero-order valence-corrected chi connectivity index (χ0v) is 8.33. The third kappa shape index (κ3) is 1.03. The van der Waals surface area contributed by atoms with Crippen molar-refractivity contribution in [2.24, 2.45) is 11.8 Å². The fourth-order valence-corrected chi connectivity index (χ4v) is 3.54. The van der Waals surface area contributed by atoms with Gasteiger partial charge in [0.25, 0.3) is 0 Å². The van der Waals surface area contributed by atoms with Gasteiger partial charge in [0.15, 0.2) is 0 Å². The number of rotatable bonds is 0. The SMILES string of the molecule is CC1OC23C=CCCC2CCC1C3. The average Bonchev–Trinajstić information content (AvgIpc) is 2.38. The van der Waals surface area contributed by atoms with Crippen LogP contribution in [0.2, 0.25) is 0 Å². The van der Waals surface area contributed by atoms with Gasteiger partial charge in [0.2, 0.25) is 0 Å². The molecule has 1 saturated heterocycles. The highest BCUT2D eigenvalue weighted by Gasteiger charge is 2.51. The molecule has 1 aliphatic heterocycles. The molecule has 1 heterocycles. The molecule has 4 atom stereocenters. The maximum absolute atomic E-state index is 6.19. The molecule has 1 nitrogen and oxygen atoms in total. The van der Waals surface area contributed by atoms with Crippen molar-refractivity contribution in [1.82, 2.24) is 0 Å². The van der Waals surface area contributed by atoms with Gasteiger partial charge in [-0.1, -0.05) is 12.2 Å². The first-order valence-electron chi connectivity index (χ1n) is 5.66. The Morgan fingerprint density at radius 1 is 1.31 bits per heavy atom. The zero-order valence-electron chi connectivity index (χ0n) is 8.33. The van der Waals surface area contributed by atoms with E-state index in [-0.39, 0.29) is 5.60 Å². The van der Waals surface area contributed by atoms with Crippen LogP contribution in [-0.2, 0) is 4.74 Å². The van der Waals surface area contributed by atoms with Crippen LogP contribution in [-0.4, -0.2) is 11.7 Å². The summed E-state index contributed by atoms with van der Waals surface area (Å²) in [4.78, 5) is 0. The van der Waals surface area contributed by atoms with Gasteiger partial charge in [0, 0.05) is 0 Å².